The molecular formula is C19H32N6O9S. The van der Waals surface area contributed by atoms with Crippen LogP contribution in [0.4, 0.5) is 0 Å². The number of hydrogen-bond donors (Lipinski definition) is 9. The van der Waals surface area contributed by atoms with Crippen molar-refractivity contribution in [2.45, 2.75) is 57.3 Å². The molecule has 0 aliphatic carbocycles. The van der Waals surface area contributed by atoms with Gasteiger partial charge in [0.2, 0.25) is 29.5 Å². The molecule has 35 heavy (non-hydrogen) atoms. The number of nitrogens with two attached hydrogens (primary N) is 2. The molecule has 0 aromatic carbocycles. The zero-order chi connectivity index (χ0) is 27.3. The summed E-state index contributed by atoms with van der Waals surface area (Å²) in [5.41, 5.74) is 10.2. The van der Waals surface area contributed by atoms with E-state index in [0.717, 1.165) is 0 Å². The molecule has 0 aromatic rings. The first kappa shape index (κ1) is 31.6. The van der Waals surface area contributed by atoms with Crippen LogP contribution in [-0.2, 0) is 33.6 Å². The van der Waals surface area contributed by atoms with Gasteiger partial charge in [-0.15, -0.1) is 0 Å². The van der Waals surface area contributed by atoms with Crippen molar-refractivity contribution in [2.75, 3.05) is 12.3 Å². The van der Waals surface area contributed by atoms with E-state index in [1.165, 1.54) is 0 Å². The van der Waals surface area contributed by atoms with Crippen LogP contribution < -0.4 is 32.7 Å². The average Bonchev–Trinajstić information content (AvgIpc) is 2.76. The fourth-order valence-electron chi connectivity index (χ4n) is 2.70. The summed E-state index contributed by atoms with van der Waals surface area (Å²) in [5, 5.41) is 27.2. The Balaban J connectivity index is 5.43. The van der Waals surface area contributed by atoms with Crippen molar-refractivity contribution >= 4 is 54.1 Å². The van der Waals surface area contributed by atoms with Gasteiger partial charge in [0, 0.05) is 12.2 Å². The molecule has 0 aromatic heterocycles. The van der Waals surface area contributed by atoms with Crippen molar-refractivity contribution in [3.8, 4) is 0 Å². The number of rotatable bonds is 16. The summed E-state index contributed by atoms with van der Waals surface area (Å²) < 4.78 is 0. The molecule has 0 aliphatic rings. The van der Waals surface area contributed by atoms with Gasteiger partial charge in [-0.05, 0) is 12.3 Å². The van der Waals surface area contributed by atoms with Crippen LogP contribution in [0.1, 0.15) is 33.1 Å². The first-order chi connectivity index (χ1) is 16.2. The highest BCUT2D eigenvalue weighted by Gasteiger charge is 2.32. The van der Waals surface area contributed by atoms with Gasteiger partial charge in [-0.2, -0.15) is 12.6 Å². The molecule has 0 heterocycles. The number of carbonyl (C=O) groups is 7. The number of aliphatic carboxylic acids is 2. The zero-order valence-electron chi connectivity index (χ0n) is 19.3. The minimum absolute atomic E-state index is 0.243. The normalized spacial score (nSPS) is 14.1. The fourth-order valence-corrected chi connectivity index (χ4v) is 2.95. The van der Waals surface area contributed by atoms with Crippen LogP contribution in [0.15, 0.2) is 0 Å². The Labute approximate surface area is 206 Å². The van der Waals surface area contributed by atoms with Gasteiger partial charge in [0.05, 0.1) is 13.0 Å². The van der Waals surface area contributed by atoms with E-state index in [1.54, 1.807) is 13.8 Å². The maximum absolute atomic E-state index is 12.8. The molecule has 0 bridgehead atoms. The van der Waals surface area contributed by atoms with Gasteiger partial charge in [-0.3, -0.25) is 28.8 Å². The number of primary amides is 1. The molecule has 0 fully saturated rings. The molecule has 10 N–H and O–H groups in total. The Morgan fingerprint density at radius 2 is 1.37 bits per heavy atom. The first-order valence-electron chi connectivity index (χ1n) is 10.5. The Morgan fingerprint density at radius 3 is 1.80 bits per heavy atom. The molecule has 198 valence electrons. The number of thiol groups is 1. The van der Waals surface area contributed by atoms with E-state index in [4.69, 9.17) is 16.6 Å². The lowest BCUT2D eigenvalue weighted by atomic mass is 10.0. The van der Waals surface area contributed by atoms with Crippen LogP contribution in [0.2, 0.25) is 0 Å². The number of amides is 5. The summed E-state index contributed by atoms with van der Waals surface area (Å²) in [4.78, 5) is 82.7. The van der Waals surface area contributed by atoms with Gasteiger partial charge in [0.1, 0.15) is 24.2 Å². The van der Waals surface area contributed by atoms with Crippen molar-refractivity contribution < 1.29 is 43.8 Å². The molecule has 0 spiro atoms. The standard InChI is InChI=1S/C19H32N6O9S/c1-8(2)15(25-16(30)10(5-14(28)29)22-13(27)6-20)18(32)24-11(7-35)17(31)23-9(19(33)34)3-4-12(21)26/h8-11,15,35H,3-7,20H2,1-2H3,(H2,21,26)(H,22,27)(H,23,31)(H,24,32)(H,25,30)(H,28,29)(H,33,34)/t9-,10-,11-,15-/m0/s1. The second-order valence-corrected chi connectivity index (χ2v) is 8.17. The van der Waals surface area contributed by atoms with Crippen LogP contribution in [0.3, 0.4) is 0 Å². The van der Waals surface area contributed by atoms with E-state index in [1.807, 2.05) is 0 Å². The third kappa shape index (κ3) is 12.0. The van der Waals surface area contributed by atoms with Gasteiger partial charge >= 0.3 is 11.9 Å². The lowest BCUT2D eigenvalue weighted by Gasteiger charge is -2.27. The number of carbonyl (C=O) groups excluding carboxylic acids is 5. The summed E-state index contributed by atoms with van der Waals surface area (Å²) in [6.07, 6.45) is -1.34. The third-order valence-corrected chi connectivity index (χ3v) is 4.94. The lowest BCUT2D eigenvalue weighted by Crippen LogP contribution is -2.59. The van der Waals surface area contributed by atoms with Crippen LogP contribution in [-0.4, -0.2) is 88.2 Å². The number of hydrogen-bond acceptors (Lipinski definition) is 9. The highest BCUT2D eigenvalue weighted by Crippen LogP contribution is 2.06. The van der Waals surface area contributed by atoms with Gasteiger partial charge in [-0.25, -0.2) is 4.79 Å². The molecule has 0 rings (SSSR count). The molecule has 0 saturated carbocycles. The van der Waals surface area contributed by atoms with Crippen molar-refractivity contribution in [1.29, 1.82) is 0 Å². The molecule has 0 radical (unpaired) electrons. The zero-order valence-corrected chi connectivity index (χ0v) is 20.2. The van der Waals surface area contributed by atoms with E-state index in [2.05, 4.69) is 33.9 Å². The van der Waals surface area contributed by atoms with E-state index in [-0.39, 0.29) is 18.6 Å². The molecule has 4 atom stereocenters. The Kier molecular flexibility index (Phi) is 14.0. The second kappa shape index (κ2) is 15.5. The number of carboxylic acid groups (broad SMARTS) is 2. The largest absolute Gasteiger partial charge is 0.481 e. The van der Waals surface area contributed by atoms with Crippen LogP contribution in [0, 0.1) is 5.92 Å². The van der Waals surface area contributed by atoms with Crippen LogP contribution >= 0.6 is 12.6 Å². The minimum Gasteiger partial charge on any atom is -0.481 e. The van der Waals surface area contributed by atoms with E-state index in [0.29, 0.717) is 0 Å². The maximum atomic E-state index is 12.8. The quantitative estimate of drug-likeness (QED) is 0.0899. The Morgan fingerprint density at radius 1 is 0.829 bits per heavy atom. The third-order valence-electron chi connectivity index (χ3n) is 4.57. The second-order valence-electron chi connectivity index (χ2n) is 7.80. The smallest absolute Gasteiger partial charge is 0.326 e. The van der Waals surface area contributed by atoms with E-state index in [9.17, 15) is 38.7 Å². The van der Waals surface area contributed by atoms with Gasteiger partial charge < -0.3 is 42.9 Å². The number of carboxylic acids is 2. The van der Waals surface area contributed by atoms with Gasteiger partial charge in [0.15, 0.2) is 0 Å². The predicted molar refractivity (Wildman–Crippen MR) is 124 cm³/mol. The van der Waals surface area contributed by atoms with Gasteiger partial charge in [0.25, 0.3) is 0 Å². The summed E-state index contributed by atoms with van der Waals surface area (Å²) >= 11 is 3.99. The van der Waals surface area contributed by atoms with E-state index < -0.39 is 84.5 Å². The highest BCUT2D eigenvalue weighted by molar-refractivity contribution is 7.80. The molecule has 0 aliphatic heterocycles. The summed E-state index contributed by atoms with van der Waals surface area (Å²) in [6.45, 7) is 2.64. The van der Waals surface area contributed by atoms with Crippen molar-refractivity contribution in [3.63, 3.8) is 0 Å². The fraction of sp³-hybridized carbons (Fsp3) is 0.632. The molecule has 5 amide bonds. The summed E-state index contributed by atoms with van der Waals surface area (Å²) in [6, 6.07) is -5.53. The molecule has 15 nitrogen and oxygen atoms in total. The van der Waals surface area contributed by atoms with Crippen molar-refractivity contribution in [2.24, 2.45) is 17.4 Å². The summed E-state index contributed by atoms with van der Waals surface area (Å²) in [7, 11) is 0. The molecular weight excluding hydrogens is 488 g/mol. The molecule has 16 heteroatoms. The Bertz CT molecular complexity index is 823. The average molecular weight is 521 g/mol. The van der Waals surface area contributed by atoms with Gasteiger partial charge in [-0.1, -0.05) is 13.8 Å². The van der Waals surface area contributed by atoms with Crippen LogP contribution in [0.25, 0.3) is 0 Å². The van der Waals surface area contributed by atoms with Crippen molar-refractivity contribution in [3.05, 3.63) is 0 Å². The topological polar surface area (TPSA) is 260 Å². The van der Waals surface area contributed by atoms with Crippen molar-refractivity contribution in [1.82, 2.24) is 21.3 Å². The number of nitrogens with one attached hydrogen (secondary N) is 4. The summed E-state index contributed by atoms with van der Waals surface area (Å²) in [5.74, 6) is -7.84. The van der Waals surface area contributed by atoms with Crippen LogP contribution in [0.5, 0.6) is 0 Å². The Hall–Kier alpha value is -3.40. The molecule has 0 unspecified atom stereocenters. The SMILES string of the molecule is CC(C)[C@H](NC(=O)[C@H](CC(=O)O)NC(=O)CN)C(=O)N[C@@H](CS)C(=O)N[C@@H](CCC(N)=O)C(=O)O. The molecule has 0 saturated heterocycles. The monoisotopic (exact) mass is 520 g/mol. The maximum Gasteiger partial charge on any atom is 0.326 e. The predicted octanol–water partition coefficient (Wildman–Crippen LogP) is -3.71. The minimum atomic E-state index is -1.51. The highest BCUT2D eigenvalue weighted by atomic mass is 32.1. The first-order valence-corrected chi connectivity index (χ1v) is 11.1. The lowest BCUT2D eigenvalue weighted by molar-refractivity contribution is -0.142. The van der Waals surface area contributed by atoms with E-state index >= 15 is 0 Å².